The molecule has 2 heterocycles. The average molecular weight is 474 g/mol. The molecule has 2 aromatic rings. The molecule has 0 saturated carbocycles. The van der Waals surface area contributed by atoms with Gasteiger partial charge in [0.1, 0.15) is 5.69 Å². The SMILES string of the molecule is CCc1cnc(C(=O)N2CCC(N(C)CC#N)CC2)c(C)c1NCc1ccc(Cl)c(Cl)c1. The van der Waals surface area contributed by atoms with Crippen molar-refractivity contribution in [2.75, 3.05) is 32.0 Å². The monoisotopic (exact) mass is 473 g/mol. The molecular formula is C24H29Cl2N5O. The molecule has 0 unspecified atom stereocenters. The summed E-state index contributed by atoms with van der Waals surface area (Å²) in [6.07, 6.45) is 4.32. The Morgan fingerprint density at radius 1 is 1.31 bits per heavy atom. The fourth-order valence-corrected chi connectivity index (χ4v) is 4.45. The van der Waals surface area contributed by atoms with Crippen LogP contribution in [0.2, 0.25) is 10.0 Å². The third kappa shape index (κ3) is 5.53. The first-order valence-corrected chi connectivity index (χ1v) is 11.6. The lowest BCUT2D eigenvalue weighted by atomic mass is 10.0. The molecule has 0 aliphatic carbocycles. The van der Waals surface area contributed by atoms with E-state index in [1.54, 1.807) is 12.3 Å². The minimum atomic E-state index is -0.0378. The fourth-order valence-electron chi connectivity index (χ4n) is 4.13. The van der Waals surface area contributed by atoms with E-state index < -0.39 is 0 Å². The van der Waals surface area contributed by atoms with Crippen LogP contribution in [-0.2, 0) is 13.0 Å². The summed E-state index contributed by atoms with van der Waals surface area (Å²) in [5.41, 5.74) is 4.37. The van der Waals surface area contributed by atoms with Crippen LogP contribution < -0.4 is 5.32 Å². The predicted octanol–water partition coefficient (Wildman–Crippen LogP) is 4.93. The Labute approximate surface area is 200 Å². The Balaban J connectivity index is 1.74. The first kappa shape index (κ1) is 24.3. The van der Waals surface area contributed by atoms with Gasteiger partial charge < -0.3 is 10.2 Å². The molecule has 8 heteroatoms. The van der Waals surface area contributed by atoms with Crippen LogP contribution in [0.3, 0.4) is 0 Å². The Hall–Kier alpha value is -2.33. The number of carbonyl (C=O) groups is 1. The van der Waals surface area contributed by atoms with Crippen LogP contribution in [0.15, 0.2) is 24.4 Å². The summed E-state index contributed by atoms with van der Waals surface area (Å²) in [6.45, 7) is 6.34. The van der Waals surface area contributed by atoms with Gasteiger partial charge in [-0.15, -0.1) is 0 Å². The fraction of sp³-hybridized carbons (Fsp3) is 0.458. The van der Waals surface area contributed by atoms with Crippen LogP contribution in [0.4, 0.5) is 5.69 Å². The van der Waals surface area contributed by atoms with Gasteiger partial charge in [-0.1, -0.05) is 36.2 Å². The summed E-state index contributed by atoms with van der Waals surface area (Å²) < 4.78 is 0. The number of amides is 1. The van der Waals surface area contributed by atoms with Gasteiger partial charge in [0.05, 0.1) is 22.7 Å². The van der Waals surface area contributed by atoms with E-state index in [1.165, 1.54) is 0 Å². The Kier molecular flexibility index (Phi) is 8.36. The molecule has 1 N–H and O–H groups in total. The number of nitrogens with zero attached hydrogens (tertiary/aromatic N) is 4. The van der Waals surface area contributed by atoms with Crippen LogP contribution in [0, 0.1) is 18.3 Å². The van der Waals surface area contributed by atoms with Crippen LogP contribution in [0.1, 0.15) is 46.9 Å². The average Bonchev–Trinajstić information content (AvgIpc) is 2.80. The van der Waals surface area contributed by atoms with Gasteiger partial charge in [0, 0.05) is 43.1 Å². The van der Waals surface area contributed by atoms with Crippen LogP contribution >= 0.6 is 23.2 Å². The van der Waals surface area contributed by atoms with E-state index >= 15 is 0 Å². The van der Waals surface area contributed by atoms with E-state index in [1.807, 2.05) is 31.0 Å². The predicted molar refractivity (Wildman–Crippen MR) is 129 cm³/mol. The lowest BCUT2D eigenvalue weighted by molar-refractivity contribution is 0.0649. The Morgan fingerprint density at radius 3 is 2.66 bits per heavy atom. The highest BCUT2D eigenvalue weighted by atomic mass is 35.5. The molecule has 1 aromatic carbocycles. The van der Waals surface area contributed by atoms with Crippen molar-refractivity contribution >= 4 is 34.8 Å². The summed E-state index contributed by atoms with van der Waals surface area (Å²) in [5, 5.41) is 13.4. The van der Waals surface area contributed by atoms with Crippen molar-refractivity contribution < 1.29 is 4.79 Å². The number of hydrogen-bond donors (Lipinski definition) is 1. The second kappa shape index (κ2) is 11.0. The van der Waals surface area contributed by atoms with Crippen molar-refractivity contribution in [2.45, 2.75) is 45.7 Å². The number of likely N-dealkylation sites (tertiary alicyclic amines) is 1. The van der Waals surface area contributed by atoms with Gasteiger partial charge in [0.25, 0.3) is 5.91 Å². The zero-order chi connectivity index (χ0) is 23.3. The molecule has 1 aliphatic rings. The quantitative estimate of drug-likeness (QED) is 0.576. The molecule has 3 rings (SSSR count). The maximum atomic E-state index is 13.3. The third-order valence-corrected chi connectivity index (χ3v) is 6.87. The maximum Gasteiger partial charge on any atom is 0.272 e. The van der Waals surface area contributed by atoms with E-state index in [2.05, 4.69) is 28.2 Å². The van der Waals surface area contributed by atoms with Crippen molar-refractivity contribution in [3.05, 3.63) is 56.8 Å². The van der Waals surface area contributed by atoms with Gasteiger partial charge in [0.2, 0.25) is 0 Å². The van der Waals surface area contributed by atoms with E-state index in [0.29, 0.717) is 48.0 Å². The van der Waals surface area contributed by atoms with Gasteiger partial charge in [-0.3, -0.25) is 14.7 Å². The van der Waals surface area contributed by atoms with Gasteiger partial charge >= 0.3 is 0 Å². The molecule has 170 valence electrons. The summed E-state index contributed by atoms with van der Waals surface area (Å²) in [7, 11) is 1.96. The van der Waals surface area contributed by atoms with Gasteiger partial charge in [-0.2, -0.15) is 5.26 Å². The Morgan fingerprint density at radius 2 is 2.03 bits per heavy atom. The standard InChI is InChI=1S/C24H29Cl2N5O/c1-4-18-15-29-23(24(32)31-10-7-19(8-11-31)30(3)12-9-27)16(2)22(18)28-14-17-5-6-20(25)21(26)13-17/h5-6,13,15,19H,4,7-8,10-12,14H2,1-3H3,(H,28,29). The van der Waals surface area contributed by atoms with E-state index in [4.69, 9.17) is 28.5 Å². The van der Waals surface area contributed by atoms with Crippen molar-refractivity contribution in [1.29, 1.82) is 5.26 Å². The molecule has 1 aromatic heterocycles. The maximum absolute atomic E-state index is 13.3. The van der Waals surface area contributed by atoms with Crippen molar-refractivity contribution in [3.63, 3.8) is 0 Å². The number of aryl methyl sites for hydroxylation is 1. The molecular weight excluding hydrogens is 445 g/mol. The number of nitriles is 1. The van der Waals surface area contributed by atoms with Gasteiger partial charge in [-0.05, 0) is 56.5 Å². The normalized spacial score (nSPS) is 14.5. The molecule has 1 aliphatic heterocycles. The van der Waals surface area contributed by atoms with Crippen molar-refractivity contribution in [3.8, 4) is 6.07 Å². The number of aromatic nitrogens is 1. The Bertz CT molecular complexity index is 1010. The molecule has 0 atom stereocenters. The summed E-state index contributed by atoms with van der Waals surface area (Å²) >= 11 is 12.2. The number of hydrogen-bond acceptors (Lipinski definition) is 5. The minimum Gasteiger partial charge on any atom is -0.380 e. The highest BCUT2D eigenvalue weighted by molar-refractivity contribution is 6.42. The molecule has 1 saturated heterocycles. The molecule has 0 radical (unpaired) electrons. The second-order valence-corrected chi connectivity index (χ2v) is 9.00. The molecule has 1 fully saturated rings. The first-order valence-electron chi connectivity index (χ1n) is 10.9. The van der Waals surface area contributed by atoms with Crippen molar-refractivity contribution in [1.82, 2.24) is 14.8 Å². The zero-order valence-electron chi connectivity index (χ0n) is 18.8. The second-order valence-electron chi connectivity index (χ2n) is 8.18. The third-order valence-electron chi connectivity index (χ3n) is 6.13. The van der Waals surface area contributed by atoms with Crippen LogP contribution in [0.25, 0.3) is 0 Å². The van der Waals surface area contributed by atoms with Crippen molar-refractivity contribution in [2.24, 2.45) is 0 Å². The number of piperidine rings is 1. The number of anilines is 1. The molecule has 6 nitrogen and oxygen atoms in total. The first-order chi connectivity index (χ1) is 15.3. The van der Waals surface area contributed by atoms with Crippen LogP contribution in [0.5, 0.6) is 0 Å². The summed E-state index contributed by atoms with van der Waals surface area (Å²) in [6, 6.07) is 8.09. The van der Waals surface area contributed by atoms with Crippen LogP contribution in [-0.4, -0.2) is 53.4 Å². The number of rotatable bonds is 7. The van der Waals surface area contributed by atoms with Gasteiger partial charge in [0.15, 0.2) is 0 Å². The number of halogens is 2. The van der Waals surface area contributed by atoms with E-state index in [0.717, 1.165) is 41.6 Å². The molecule has 0 spiro atoms. The molecule has 1 amide bonds. The topological polar surface area (TPSA) is 72.3 Å². The van der Waals surface area contributed by atoms with Gasteiger partial charge in [-0.25, -0.2) is 0 Å². The van der Waals surface area contributed by atoms with E-state index in [9.17, 15) is 4.79 Å². The number of pyridine rings is 1. The largest absolute Gasteiger partial charge is 0.380 e. The lowest BCUT2D eigenvalue weighted by Gasteiger charge is -2.36. The highest BCUT2D eigenvalue weighted by Gasteiger charge is 2.28. The smallest absolute Gasteiger partial charge is 0.272 e. The highest BCUT2D eigenvalue weighted by Crippen LogP contribution is 2.27. The number of carbonyl (C=O) groups excluding carboxylic acids is 1. The minimum absolute atomic E-state index is 0.0378. The number of nitrogens with one attached hydrogen (secondary N) is 1. The summed E-state index contributed by atoms with van der Waals surface area (Å²) in [4.78, 5) is 21.7. The number of benzene rings is 1. The molecule has 0 bridgehead atoms. The zero-order valence-corrected chi connectivity index (χ0v) is 20.3. The lowest BCUT2D eigenvalue weighted by Crippen LogP contribution is -2.46. The molecule has 32 heavy (non-hydrogen) atoms. The van der Waals surface area contributed by atoms with E-state index in [-0.39, 0.29) is 5.91 Å². The summed E-state index contributed by atoms with van der Waals surface area (Å²) in [5.74, 6) is -0.0378.